The molecule has 2 fully saturated rings. The number of likely N-dealkylation sites (tertiary alicyclic amines) is 1. The van der Waals surface area contributed by atoms with E-state index in [1.807, 2.05) is 14.1 Å². The van der Waals surface area contributed by atoms with Crippen molar-refractivity contribution in [1.29, 1.82) is 0 Å². The van der Waals surface area contributed by atoms with Crippen LogP contribution < -0.4 is 10.6 Å². The van der Waals surface area contributed by atoms with E-state index in [2.05, 4.69) is 29.4 Å². The van der Waals surface area contributed by atoms with Crippen LogP contribution in [0.5, 0.6) is 0 Å². The van der Waals surface area contributed by atoms with Crippen molar-refractivity contribution in [3.63, 3.8) is 0 Å². The molecule has 2 N–H and O–H groups in total. The zero-order chi connectivity index (χ0) is 19.0. The molecule has 1 saturated heterocycles. The Balaban J connectivity index is 1.99. The molecule has 1 amide bonds. The van der Waals surface area contributed by atoms with Gasteiger partial charge in [0.2, 0.25) is 5.91 Å². The number of nitrogens with zero attached hydrogens (tertiary/aromatic N) is 3. The third-order valence-electron chi connectivity index (χ3n) is 5.96. The van der Waals surface area contributed by atoms with Crippen molar-refractivity contribution < 1.29 is 4.79 Å². The molecule has 1 heterocycles. The number of carbonyl (C=O) groups is 1. The van der Waals surface area contributed by atoms with Crippen molar-refractivity contribution in [2.45, 2.75) is 64.8 Å². The lowest BCUT2D eigenvalue weighted by atomic mass is 9.85. The summed E-state index contributed by atoms with van der Waals surface area (Å²) in [6, 6.07) is 0.585. The van der Waals surface area contributed by atoms with Crippen molar-refractivity contribution in [1.82, 2.24) is 20.4 Å². The maximum absolute atomic E-state index is 12.7. The number of hydrogen-bond acceptors (Lipinski definition) is 3. The summed E-state index contributed by atoms with van der Waals surface area (Å²) in [5, 5.41) is 6.90. The molecular formula is C20H39N5O. The quantitative estimate of drug-likeness (QED) is 0.536. The third kappa shape index (κ3) is 5.35. The summed E-state index contributed by atoms with van der Waals surface area (Å²) in [7, 11) is 3.72. The van der Waals surface area contributed by atoms with Crippen LogP contribution in [0.1, 0.15) is 58.8 Å². The molecule has 0 radical (unpaired) electrons. The Morgan fingerprint density at radius 3 is 2.50 bits per heavy atom. The first-order valence-corrected chi connectivity index (χ1v) is 10.5. The number of amides is 1. The van der Waals surface area contributed by atoms with Crippen LogP contribution in [-0.4, -0.2) is 74.5 Å². The van der Waals surface area contributed by atoms with Crippen molar-refractivity contribution in [3.05, 3.63) is 0 Å². The van der Waals surface area contributed by atoms with E-state index in [9.17, 15) is 4.79 Å². The van der Waals surface area contributed by atoms with Gasteiger partial charge in [-0.15, -0.1) is 0 Å². The number of piperidine rings is 1. The fourth-order valence-corrected chi connectivity index (χ4v) is 4.46. The molecule has 1 aliphatic heterocycles. The molecule has 26 heavy (non-hydrogen) atoms. The highest BCUT2D eigenvalue weighted by Crippen LogP contribution is 2.39. The molecule has 6 heteroatoms. The number of carbonyl (C=O) groups excluding carboxylic acids is 1. The summed E-state index contributed by atoms with van der Waals surface area (Å²) in [6.07, 6.45) is 8.06. The third-order valence-corrected chi connectivity index (χ3v) is 5.96. The van der Waals surface area contributed by atoms with E-state index in [4.69, 9.17) is 4.99 Å². The Bertz CT molecular complexity index is 471. The normalized spacial score (nSPS) is 23.7. The van der Waals surface area contributed by atoms with Gasteiger partial charge in [0, 0.05) is 33.2 Å². The Kier molecular flexibility index (Phi) is 8.19. The standard InChI is InChI=1S/C20H39N5O/c1-5-21-19(22-15-17-11-7-10-14-25(17)6-2)23-16-20(12-8-9-13-20)18(26)24(3)4/h17H,5-16H2,1-4H3,(H2,21,22,23). The fourth-order valence-electron chi connectivity index (χ4n) is 4.46. The van der Waals surface area contributed by atoms with Crippen LogP contribution in [0.15, 0.2) is 4.99 Å². The van der Waals surface area contributed by atoms with Crippen LogP contribution in [0.3, 0.4) is 0 Å². The number of nitrogens with one attached hydrogen (secondary N) is 2. The Morgan fingerprint density at radius 1 is 1.15 bits per heavy atom. The average molecular weight is 366 g/mol. The topological polar surface area (TPSA) is 60.0 Å². The van der Waals surface area contributed by atoms with E-state index in [1.54, 1.807) is 4.90 Å². The van der Waals surface area contributed by atoms with E-state index < -0.39 is 0 Å². The molecule has 150 valence electrons. The molecule has 1 aliphatic carbocycles. The highest BCUT2D eigenvalue weighted by molar-refractivity contribution is 5.84. The molecule has 6 nitrogen and oxygen atoms in total. The Morgan fingerprint density at radius 2 is 1.88 bits per heavy atom. The molecule has 0 aromatic carbocycles. The van der Waals surface area contributed by atoms with Gasteiger partial charge in [0.1, 0.15) is 0 Å². The van der Waals surface area contributed by atoms with Crippen molar-refractivity contribution in [2.24, 2.45) is 10.4 Å². The highest BCUT2D eigenvalue weighted by atomic mass is 16.2. The number of likely N-dealkylation sites (N-methyl/N-ethyl adjacent to an activating group) is 1. The minimum absolute atomic E-state index is 0.235. The molecule has 0 aromatic rings. The van der Waals surface area contributed by atoms with Gasteiger partial charge in [0.25, 0.3) is 0 Å². The second kappa shape index (κ2) is 10.1. The minimum Gasteiger partial charge on any atom is -0.357 e. The minimum atomic E-state index is -0.299. The molecule has 2 rings (SSSR count). The molecule has 1 unspecified atom stereocenters. The Hall–Kier alpha value is -1.30. The van der Waals surface area contributed by atoms with Gasteiger partial charge in [-0.25, -0.2) is 0 Å². The predicted molar refractivity (Wildman–Crippen MR) is 108 cm³/mol. The summed E-state index contributed by atoms with van der Waals surface area (Å²) in [5.41, 5.74) is -0.299. The van der Waals surface area contributed by atoms with Gasteiger partial charge in [0.05, 0.1) is 12.0 Å². The number of guanidine groups is 1. The molecule has 0 aromatic heterocycles. The van der Waals surface area contributed by atoms with Crippen LogP contribution in [-0.2, 0) is 4.79 Å². The second-order valence-corrected chi connectivity index (χ2v) is 8.04. The van der Waals surface area contributed by atoms with Gasteiger partial charge in [-0.05, 0) is 45.7 Å². The molecule has 1 atom stereocenters. The molecule has 0 spiro atoms. The summed E-state index contributed by atoms with van der Waals surface area (Å²) in [4.78, 5) is 21.9. The molecule has 2 aliphatic rings. The highest BCUT2D eigenvalue weighted by Gasteiger charge is 2.42. The lowest BCUT2D eigenvalue weighted by Crippen LogP contribution is -2.49. The summed E-state index contributed by atoms with van der Waals surface area (Å²) >= 11 is 0. The van der Waals surface area contributed by atoms with Crippen LogP contribution in [0, 0.1) is 5.41 Å². The molecule has 1 saturated carbocycles. The van der Waals surface area contributed by atoms with Crippen LogP contribution in [0.25, 0.3) is 0 Å². The van der Waals surface area contributed by atoms with Crippen LogP contribution in [0.2, 0.25) is 0 Å². The predicted octanol–water partition coefficient (Wildman–Crippen LogP) is 2.06. The van der Waals surface area contributed by atoms with Gasteiger partial charge in [-0.3, -0.25) is 14.7 Å². The fraction of sp³-hybridized carbons (Fsp3) is 0.900. The second-order valence-electron chi connectivity index (χ2n) is 8.04. The Labute approximate surface area is 159 Å². The van der Waals surface area contributed by atoms with Gasteiger partial charge >= 0.3 is 0 Å². The summed E-state index contributed by atoms with van der Waals surface area (Å²) in [5.74, 6) is 1.09. The first-order chi connectivity index (χ1) is 12.5. The number of hydrogen-bond donors (Lipinski definition) is 2. The lowest BCUT2D eigenvalue weighted by Gasteiger charge is -2.35. The average Bonchev–Trinajstić information content (AvgIpc) is 3.13. The summed E-state index contributed by atoms with van der Waals surface area (Å²) < 4.78 is 0. The van der Waals surface area contributed by atoms with Gasteiger partial charge < -0.3 is 15.5 Å². The van der Waals surface area contributed by atoms with Crippen molar-refractivity contribution >= 4 is 11.9 Å². The first-order valence-electron chi connectivity index (χ1n) is 10.5. The van der Waals surface area contributed by atoms with Gasteiger partial charge in [-0.2, -0.15) is 0 Å². The number of rotatable bonds is 7. The summed E-state index contributed by atoms with van der Waals surface area (Å²) in [6.45, 7) is 9.00. The van der Waals surface area contributed by atoms with Gasteiger partial charge in [-0.1, -0.05) is 26.2 Å². The van der Waals surface area contributed by atoms with Crippen LogP contribution >= 0.6 is 0 Å². The van der Waals surface area contributed by atoms with E-state index in [-0.39, 0.29) is 11.3 Å². The monoisotopic (exact) mass is 365 g/mol. The van der Waals surface area contributed by atoms with E-state index in [0.717, 1.165) is 51.3 Å². The lowest BCUT2D eigenvalue weighted by molar-refractivity contribution is -0.138. The SMILES string of the molecule is CCNC(=NCC1(C(=O)N(C)C)CCCC1)NCC1CCCCN1CC. The molecular weight excluding hydrogens is 326 g/mol. The maximum atomic E-state index is 12.7. The van der Waals surface area contributed by atoms with Crippen molar-refractivity contribution in [3.8, 4) is 0 Å². The van der Waals surface area contributed by atoms with Crippen molar-refractivity contribution in [2.75, 3.05) is 46.8 Å². The zero-order valence-corrected chi connectivity index (χ0v) is 17.3. The van der Waals surface area contributed by atoms with Gasteiger partial charge in [0.15, 0.2) is 5.96 Å². The van der Waals surface area contributed by atoms with E-state index >= 15 is 0 Å². The largest absolute Gasteiger partial charge is 0.357 e. The smallest absolute Gasteiger partial charge is 0.230 e. The van der Waals surface area contributed by atoms with E-state index in [0.29, 0.717) is 12.6 Å². The molecule has 0 bridgehead atoms. The van der Waals surface area contributed by atoms with Crippen LogP contribution in [0.4, 0.5) is 0 Å². The maximum Gasteiger partial charge on any atom is 0.230 e. The number of aliphatic imine (C=N–C) groups is 1. The first kappa shape index (κ1) is 21.0. The van der Waals surface area contributed by atoms with E-state index in [1.165, 1.54) is 25.8 Å². The zero-order valence-electron chi connectivity index (χ0n) is 17.3.